The minimum Gasteiger partial charge on any atom is -0.506 e. The molecular formula is C18H20Cl2N2O3. The Morgan fingerprint density at radius 3 is 2.32 bits per heavy atom. The van der Waals surface area contributed by atoms with Crippen molar-refractivity contribution < 1.29 is 14.6 Å². The molecule has 0 aliphatic carbocycles. The molecule has 0 bridgehead atoms. The number of anilines is 2. The SMILES string of the molecule is CC(C)(C)OC(=O)Nc1ccc(NCc2cc(Cl)cc(Cl)c2O)cc1. The number of rotatable bonds is 4. The predicted molar refractivity (Wildman–Crippen MR) is 102 cm³/mol. The zero-order valence-corrected chi connectivity index (χ0v) is 15.7. The van der Waals surface area contributed by atoms with Crippen LogP contribution in [0.1, 0.15) is 26.3 Å². The Hall–Kier alpha value is -2.11. The van der Waals surface area contributed by atoms with Gasteiger partial charge in [-0.15, -0.1) is 0 Å². The Balaban J connectivity index is 1.96. The fourth-order valence-electron chi connectivity index (χ4n) is 2.04. The third-order valence-electron chi connectivity index (χ3n) is 3.12. The maximum atomic E-state index is 11.7. The number of nitrogens with one attached hydrogen (secondary N) is 2. The molecule has 0 heterocycles. The molecule has 7 heteroatoms. The molecule has 0 radical (unpaired) electrons. The molecule has 0 fully saturated rings. The first-order valence-corrected chi connectivity index (χ1v) is 8.40. The van der Waals surface area contributed by atoms with Crippen LogP contribution in [0.15, 0.2) is 36.4 Å². The van der Waals surface area contributed by atoms with Gasteiger partial charge in [0, 0.05) is 28.5 Å². The number of ether oxygens (including phenoxy) is 1. The molecule has 2 aromatic carbocycles. The van der Waals surface area contributed by atoms with Crippen LogP contribution >= 0.6 is 23.2 Å². The van der Waals surface area contributed by atoms with Gasteiger partial charge in [0.1, 0.15) is 11.4 Å². The van der Waals surface area contributed by atoms with Gasteiger partial charge in [-0.25, -0.2) is 4.79 Å². The summed E-state index contributed by atoms with van der Waals surface area (Å²) < 4.78 is 5.19. The highest BCUT2D eigenvalue weighted by Gasteiger charge is 2.16. The maximum Gasteiger partial charge on any atom is 0.412 e. The van der Waals surface area contributed by atoms with Crippen LogP contribution in [0, 0.1) is 0 Å². The average molecular weight is 383 g/mol. The topological polar surface area (TPSA) is 70.6 Å². The molecule has 0 aliphatic heterocycles. The standard InChI is InChI=1S/C18H20Cl2N2O3/c1-18(2,3)25-17(24)22-14-6-4-13(5-7-14)21-10-11-8-12(19)9-15(20)16(11)23/h4-9,21,23H,10H2,1-3H3,(H,22,24). The molecule has 0 atom stereocenters. The van der Waals surface area contributed by atoms with Gasteiger partial charge in [0.15, 0.2) is 0 Å². The van der Waals surface area contributed by atoms with Crippen LogP contribution in [0.2, 0.25) is 10.0 Å². The second-order valence-corrected chi connectivity index (χ2v) is 7.30. The van der Waals surface area contributed by atoms with Crippen LogP contribution in [-0.2, 0) is 11.3 Å². The number of benzene rings is 2. The smallest absolute Gasteiger partial charge is 0.412 e. The van der Waals surface area contributed by atoms with E-state index in [0.29, 0.717) is 22.8 Å². The normalized spacial score (nSPS) is 11.1. The average Bonchev–Trinajstić information content (AvgIpc) is 2.49. The number of amides is 1. The molecule has 3 N–H and O–H groups in total. The molecule has 0 saturated heterocycles. The Bertz CT molecular complexity index is 756. The van der Waals surface area contributed by atoms with Gasteiger partial charge in [-0.3, -0.25) is 5.32 Å². The number of hydrogen-bond donors (Lipinski definition) is 3. The van der Waals surface area contributed by atoms with E-state index in [1.807, 2.05) is 0 Å². The summed E-state index contributed by atoms with van der Waals surface area (Å²) in [7, 11) is 0. The van der Waals surface area contributed by atoms with E-state index in [-0.39, 0.29) is 10.8 Å². The lowest BCUT2D eigenvalue weighted by Gasteiger charge is -2.19. The van der Waals surface area contributed by atoms with Crippen molar-refractivity contribution in [3.8, 4) is 5.75 Å². The Morgan fingerprint density at radius 1 is 1.12 bits per heavy atom. The van der Waals surface area contributed by atoms with Crippen LogP contribution in [0.25, 0.3) is 0 Å². The molecule has 25 heavy (non-hydrogen) atoms. The minimum absolute atomic E-state index is 0.00165. The summed E-state index contributed by atoms with van der Waals surface area (Å²) in [6.07, 6.45) is -0.508. The van der Waals surface area contributed by atoms with Crippen molar-refractivity contribution in [2.75, 3.05) is 10.6 Å². The zero-order valence-electron chi connectivity index (χ0n) is 14.2. The monoisotopic (exact) mass is 382 g/mol. The maximum absolute atomic E-state index is 11.7. The molecule has 0 saturated carbocycles. The van der Waals surface area contributed by atoms with E-state index < -0.39 is 11.7 Å². The van der Waals surface area contributed by atoms with Crippen molar-refractivity contribution in [1.82, 2.24) is 0 Å². The van der Waals surface area contributed by atoms with E-state index in [1.54, 1.807) is 51.1 Å². The van der Waals surface area contributed by atoms with Crippen molar-refractivity contribution in [3.63, 3.8) is 0 Å². The molecular weight excluding hydrogens is 363 g/mol. The lowest BCUT2D eigenvalue weighted by atomic mass is 10.2. The van der Waals surface area contributed by atoms with Crippen molar-refractivity contribution >= 4 is 40.7 Å². The van der Waals surface area contributed by atoms with Crippen molar-refractivity contribution in [2.24, 2.45) is 0 Å². The highest BCUT2D eigenvalue weighted by molar-refractivity contribution is 6.35. The van der Waals surface area contributed by atoms with Gasteiger partial charge < -0.3 is 15.2 Å². The van der Waals surface area contributed by atoms with E-state index in [4.69, 9.17) is 27.9 Å². The number of phenolic OH excluding ortho intramolecular Hbond substituents is 1. The summed E-state index contributed by atoms with van der Waals surface area (Å²) in [6, 6.07) is 10.2. The van der Waals surface area contributed by atoms with Crippen molar-refractivity contribution in [2.45, 2.75) is 32.9 Å². The fraction of sp³-hybridized carbons (Fsp3) is 0.278. The summed E-state index contributed by atoms with van der Waals surface area (Å²) in [4.78, 5) is 11.7. The molecule has 1 amide bonds. The molecule has 2 rings (SSSR count). The number of phenols is 1. The Labute approximate surface area is 156 Å². The largest absolute Gasteiger partial charge is 0.506 e. The van der Waals surface area contributed by atoms with Crippen LogP contribution in [0.4, 0.5) is 16.2 Å². The van der Waals surface area contributed by atoms with Crippen LogP contribution < -0.4 is 10.6 Å². The molecule has 134 valence electrons. The Morgan fingerprint density at radius 2 is 1.72 bits per heavy atom. The van der Waals surface area contributed by atoms with Gasteiger partial charge in [-0.05, 0) is 57.2 Å². The van der Waals surface area contributed by atoms with Crippen LogP contribution in [-0.4, -0.2) is 16.8 Å². The number of carbonyl (C=O) groups excluding carboxylic acids is 1. The van der Waals surface area contributed by atoms with Gasteiger partial charge in [-0.1, -0.05) is 23.2 Å². The summed E-state index contributed by atoms with van der Waals surface area (Å²) in [5.74, 6) is 0.00165. The predicted octanol–water partition coefficient (Wildman–Crippen LogP) is 5.66. The number of carbonyl (C=O) groups is 1. The van der Waals surface area contributed by atoms with Crippen molar-refractivity contribution in [1.29, 1.82) is 0 Å². The highest BCUT2D eigenvalue weighted by Crippen LogP contribution is 2.31. The van der Waals surface area contributed by atoms with E-state index in [1.165, 1.54) is 6.07 Å². The third-order valence-corrected chi connectivity index (χ3v) is 3.63. The first-order valence-electron chi connectivity index (χ1n) is 7.65. The van der Waals surface area contributed by atoms with Gasteiger partial charge >= 0.3 is 6.09 Å². The van der Waals surface area contributed by atoms with E-state index in [0.717, 1.165) is 5.69 Å². The molecule has 0 aliphatic rings. The van der Waals surface area contributed by atoms with Gasteiger partial charge in [0.05, 0.1) is 5.02 Å². The van der Waals surface area contributed by atoms with Crippen LogP contribution in [0.5, 0.6) is 5.75 Å². The summed E-state index contributed by atoms with van der Waals surface area (Å²) in [6.45, 7) is 5.76. The highest BCUT2D eigenvalue weighted by atomic mass is 35.5. The van der Waals surface area contributed by atoms with Crippen molar-refractivity contribution in [3.05, 3.63) is 52.0 Å². The first kappa shape index (κ1) is 19.2. The molecule has 2 aromatic rings. The van der Waals surface area contributed by atoms with E-state index in [2.05, 4.69) is 10.6 Å². The summed E-state index contributed by atoms with van der Waals surface area (Å²) >= 11 is 11.8. The van der Waals surface area contributed by atoms with Gasteiger partial charge in [0.25, 0.3) is 0 Å². The lowest BCUT2D eigenvalue weighted by Crippen LogP contribution is -2.27. The summed E-state index contributed by atoms with van der Waals surface area (Å²) in [5.41, 5.74) is 1.47. The zero-order chi connectivity index (χ0) is 18.6. The Kier molecular flexibility index (Phi) is 6.03. The minimum atomic E-state index is -0.550. The molecule has 0 aromatic heterocycles. The quantitative estimate of drug-likeness (QED) is 0.637. The van der Waals surface area contributed by atoms with Gasteiger partial charge in [0.2, 0.25) is 0 Å². The first-order chi connectivity index (χ1) is 11.6. The third kappa shape index (κ3) is 6.03. The second-order valence-electron chi connectivity index (χ2n) is 6.45. The van der Waals surface area contributed by atoms with Crippen LogP contribution in [0.3, 0.4) is 0 Å². The van der Waals surface area contributed by atoms with E-state index in [9.17, 15) is 9.90 Å². The van der Waals surface area contributed by atoms with Gasteiger partial charge in [-0.2, -0.15) is 0 Å². The second kappa shape index (κ2) is 7.85. The lowest BCUT2D eigenvalue weighted by molar-refractivity contribution is 0.0636. The molecule has 5 nitrogen and oxygen atoms in total. The molecule has 0 spiro atoms. The number of aromatic hydroxyl groups is 1. The molecule has 0 unspecified atom stereocenters. The van der Waals surface area contributed by atoms with E-state index >= 15 is 0 Å². The fourth-order valence-corrected chi connectivity index (χ4v) is 2.58. The number of hydrogen-bond acceptors (Lipinski definition) is 4. The number of halogens is 2. The summed E-state index contributed by atoms with van der Waals surface area (Å²) in [5, 5.41) is 16.4.